The number of piperazine rings is 1. The maximum atomic E-state index is 13.3. The molecule has 2 aromatic carbocycles. The summed E-state index contributed by atoms with van der Waals surface area (Å²) in [5.41, 5.74) is 2.62. The molecule has 0 radical (unpaired) electrons. The number of rotatable bonds is 7. The third-order valence-corrected chi connectivity index (χ3v) is 9.29. The van der Waals surface area contributed by atoms with E-state index in [1.807, 2.05) is 57.6 Å². The van der Waals surface area contributed by atoms with Gasteiger partial charge in [-0.15, -0.1) is 11.3 Å². The number of pyridine rings is 1. The number of nitrogens with zero attached hydrogens (tertiary/aromatic N) is 5. The van der Waals surface area contributed by atoms with Gasteiger partial charge in [0.05, 0.1) is 37.5 Å². The molecule has 0 spiro atoms. The van der Waals surface area contributed by atoms with Crippen LogP contribution >= 0.6 is 11.3 Å². The fourth-order valence-electron chi connectivity index (χ4n) is 5.85. The van der Waals surface area contributed by atoms with E-state index in [4.69, 9.17) is 19.2 Å². The van der Waals surface area contributed by atoms with Gasteiger partial charge in [0, 0.05) is 68.1 Å². The predicted octanol–water partition coefficient (Wildman–Crippen LogP) is 4.70. The van der Waals surface area contributed by atoms with E-state index in [2.05, 4.69) is 9.88 Å². The van der Waals surface area contributed by atoms with Crippen LogP contribution in [0.1, 0.15) is 44.7 Å². The normalized spacial score (nSPS) is 15.9. The van der Waals surface area contributed by atoms with Gasteiger partial charge >= 0.3 is 0 Å². The summed E-state index contributed by atoms with van der Waals surface area (Å²) < 4.78 is 16.4. The fourth-order valence-corrected chi connectivity index (χ4v) is 6.81. The lowest BCUT2D eigenvalue weighted by Crippen LogP contribution is -2.49. The summed E-state index contributed by atoms with van der Waals surface area (Å²) in [6.45, 7) is 3.84. The van der Waals surface area contributed by atoms with E-state index < -0.39 is 0 Å². The molecule has 11 heteroatoms. The molecule has 2 saturated heterocycles. The summed E-state index contributed by atoms with van der Waals surface area (Å²) in [4.78, 5) is 42.0. The van der Waals surface area contributed by atoms with E-state index in [9.17, 15) is 9.59 Å². The third kappa shape index (κ3) is 5.81. The number of piperidine rings is 1. The zero-order chi connectivity index (χ0) is 29.9. The third-order valence-electron chi connectivity index (χ3n) is 8.28. The first-order valence-corrected chi connectivity index (χ1v) is 15.3. The monoisotopic (exact) mass is 601 g/mol. The van der Waals surface area contributed by atoms with Gasteiger partial charge in [-0.3, -0.25) is 9.59 Å². The van der Waals surface area contributed by atoms with Crippen LogP contribution < -0.4 is 19.1 Å². The van der Waals surface area contributed by atoms with E-state index in [-0.39, 0.29) is 17.7 Å². The maximum absolute atomic E-state index is 13.3. The predicted molar refractivity (Wildman–Crippen MR) is 166 cm³/mol. The Labute approximate surface area is 254 Å². The highest BCUT2D eigenvalue weighted by Gasteiger charge is 2.30. The van der Waals surface area contributed by atoms with Gasteiger partial charge in [0.1, 0.15) is 28.6 Å². The smallest absolute Gasteiger partial charge is 0.273 e. The van der Waals surface area contributed by atoms with Crippen molar-refractivity contribution in [2.45, 2.75) is 18.8 Å². The Hall–Kier alpha value is -4.38. The van der Waals surface area contributed by atoms with Crippen LogP contribution in [-0.2, 0) is 0 Å². The van der Waals surface area contributed by atoms with Crippen molar-refractivity contribution in [1.82, 2.24) is 19.8 Å². The number of fused-ring (bicyclic) bond motifs is 1. The van der Waals surface area contributed by atoms with E-state index in [0.29, 0.717) is 56.4 Å². The number of para-hydroxylation sites is 1. The first-order chi connectivity index (χ1) is 21.0. The topological polar surface area (TPSA) is 97.3 Å². The lowest BCUT2D eigenvalue weighted by atomic mass is 9.97. The molecule has 0 atom stereocenters. The highest BCUT2D eigenvalue weighted by atomic mass is 32.1. The number of thiazole rings is 1. The number of carbonyl (C=O) groups excluding carboxylic acids is 2. The van der Waals surface area contributed by atoms with Crippen molar-refractivity contribution in [2.75, 3.05) is 65.5 Å². The van der Waals surface area contributed by atoms with Crippen LogP contribution in [0.25, 0.3) is 10.9 Å². The molecule has 2 aliphatic rings. The molecule has 224 valence electrons. The number of aromatic nitrogens is 2. The zero-order valence-corrected chi connectivity index (χ0v) is 25.4. The number of amides is 2. The number of anilines is 1. The average molecular weight is 602 g/mol. The van der Waals surface area contributed by atoms with Crippen molar-refractivity contribution >= 4 is 39.7 Å². The first-order valence-electron chi connectivity index (χ1n) is 14.4. The van der Waals surface area contributed by atoms with Gasteiger partial charge in [-0.25, -0.2) is 9.97 Å². The maximum Gasteiger partial charge on any atom is 0.273 e. The Kier molecular flexibility index (Phi) is 8.33. The summed E-state index contributed by atoms with van der Waals surface area (Å²) in [5.74, 6) is 2.23. The summed E-state index contributed by atoms with van der Waals surface area (Å²) in [6, 6.07) is 15.2. The van der Waals surface area contributed by atoms with Crippen LogP contribution in [0.3, 0.4) is 0 Å². The van der Waals surface area contributed by atoms with Crippen molar-refractivity contribution in [1.29, 1.82) is 0 Å². The van der Waals surface area contributed by atoms with Crippen LogP contribution in [0.4, 0.5) is 5.69 Å². The molecule has 43 heavy (non-hydrogen) atoms. The molecule has 0 saturated carbocycles. The van der Waals surface area contributed by atoms with Crippen LogP contribution in [0.2, 0.25) is 0 Å². The molecule has 0 unspecified atom stereocenters. The number of methoxy groups -OCH3 is 3. The largest absolute Gasteiger partial charge is 0.497 e. The molecule has 0 bridgehead atoms. The van der Waals surface area contributed by atoms with Gasteiger partial charge in [0.15, 0.2) is 0 Å². The number of carbonyl (C=O) groups is 2. The second kappa shape index (κ2) is 12.5. The number of likely N-dealkylation sites (tertiary alicyclic amines) is 1. The molecule has 2 amide bonds. The minimum absolute atomic E-state index is 0.0345. The van der Waals surface area contributed by atoms with E-state index in [1.165, 1.54) is 11.3 Å². The summed E-state index contributed by atoms with van der Waals surface area (Å²) in [6.07, 6.45) is 1.58. The molecular formula is C32H35N5O5S. The Morgan fingerprint density at radius 3 is 2.19 bits per heavy atom. The summed E-state index contributed by atoms with van der Waals surface area (Å²) in [5, 5.41) is 3.72. The van der Waals surface area contributed by atoms with Crippen molar-refractivity contribution in [3.8, 4) is 17.2 Å². The summed E-state index contributed by atoms with van der Waals surface area (Å²) in [7, 11) is 4.89. The molecule has 0 aliphatic carbocycles. The molecule has 6 rings (SSSR count). The van der Waals surface area contributed by atoms with Crippen LogP contribution in [0, 0.1) is 0 Å². The number of hydrogen-bond donors (Lipinski definition) is 0. The van der Waals surface area contributed by atoms with Gasteiger partial charge in [-0.1, -0.05) is 12.1 Å². The summed E-state index contributed by atoms with van der Waals surface area (Å²) >= 11 is 1.54. The van der Waals surface area contributed by atoms with Crippen LogP contribution in [-0.4, -0.2) is 92.2 Å². The first kappa shape index (κ1) is 28.7. The molecule has 2 aliphatic heterocycles. The van der Waals surface area contributed by atoms with Crippen LogP contribution in [0.15, 0.2) is 53.9 Å². The van der Waals surface area contributed by atoms with Gasteiger partial charge in [0.2, 0.25) is 0 Å². The average Bonchev–Trinajstić information content (AvgIpc) is 3.57. The molecule has 4 heterocycles. The standard InChI is InChI=1S/C32H35N5O5S/c1-40-22-8-9-27(29(18-22)42-3)35-14-16-37(17-15-35)32(39)26-20-43-30(34-26)21-10-12-36(13-11-21)31(38)25-19-28(41-2)23-6-4-5-7-24(23)33-25/h4-9,18-21H,10-17H2,1-3H3. The molecule has 2 aromatic heterocycles. The van der Waals surface area contributed by atoms with E-state index in [0.717, 1.165) is 45.9 Å². The highest BCUT2D eigenvalue weighted by molar-refractivity contribution is 7.09. The molecular weight excluding hydrogens is 566 g/mol. The van der Waals surface area contributed by atoms with E-state index in [1.54, 1.807) is 27.4 Å². The molecule has 10 nitrogen and oxygen atoms in total. The molecule has 4 aromatic rings. The van der Waals surface area contributed by atoms with Crippen molar-refractivity contribution < 1.29 is 23.8 Å². The Morgan fingerprint density at radius 2 is 1.47 bits per heavy atom. The molecule has 0 N–H and O–H groups in total. The number of benzene rings is 2. The Bertz CT molecular complexity index is 1630. The quantitative estimate of drug-likeness (QED) is 0.301. The minimum atomic E-state index is -0.0936. The Morgan fingerprint density at radius 1 is 0.767 bits per heavy atom. The fraction of sp³-hybridized carbons (Fsp3) is 0.375. The second-order valence-electron chi connectivity index (χ2n) is 10.7. The lowest BCUT2D eigenvalue weighted by Gasteiger charge is -2.36. The molecule has 2 fully saturated rings. The highest BCUT2D eigenvalue weighted by Crippen LogP contribution is 2.34. The van der Waals surface area contributed by atoms with Crippen molar-refractivity contribution in [3.05, 3.63) is 70.3 Å². The van der Waals surface area contributed by atoms with Gasteiger partial charge < -0.3 is 28.9 Å². The Balaban J connectivity index is 1.05. The van der Waals surface area contributed by atoms with Crippen molar-refractivity contribution in [3.63, 3.8) is 0 Å². The zero-order valence-electron chi connectivity index (χ0n) is 24.6. The van der Waals surface area contributed by atoms with E-state index >= 15 is 0 Å². The number of hydrogen-bond acceptors (Lipinski definition) is 9. The van der Waals surface area contributed by atoms with Gasteiger partial charge in [-0.2, -0.15) is 0 Å². The van der Waals surface area contributed by atoms with Crippen molar-refractivity contribution in [2.24, 2.45) is 0 Å². The van der Waals surface area contributed by atoms with Gasteiger partial charge in [-0.05, 0) is 37.1 Å². The number of ether oxygens (including phenoxy) is 3. The SMILES string of the molecule is COc1ccc(N2CCN(C(=O)c3csc(C4CCN(C(=O)c5cc(OC)c6ccccc6n5)CC4)n3)CC2)c(OC)c1. The van der Waals surface area contributed by atoms with Crippen LogP contribution in [0.5, 0.6) is 17.2 Å². The lowest BCUT2D eigenvalue weighted by molar-refractivity contribution is 0.0707. The second-order valence-corrected chi connectivity index (χ2v) is 11.6. The van der Waals surface area contributed by atoms with Gasteiger partial charge in [0.25, 0.3) is 11.8 Å². The minimum Gasteiger partial charge on any atom is -0.497 e.